The van der Waals surface area contributed by atoms with Gasteiger partial charge in [-0.05, 0) is 25.3 Å². The molecule has 0 aliphatic carbocycles. The molecule has 0 radical (unpaired) electrons. The molecule has 0 amide bonds. The highest BCUT2D eigenvalue weighted by atomic mass is 16.7. The predicted octanol–water partition coefficient (Wildman–Crippen LogP) is 2.81. The lowest BCUT2D eigenvalue weighted by Gasteiger charge is -2.27. The SMILES string of the molecule is c1cc(CNc2cc(N3CCCCC3)ncn2)c2c(c1)OCO2. The van der Waals surface area contributed by atoms with Crippen molar-refractivity contribution in [2.24, 2.45) is 0 Å². The fraction of sp³-hybridized carbons (Fsp3) is 0.412. The molecule has 6 heteroatoms. The molecule has 0 spiro atoms. The Morgan fingerprint density at radius 3 is 2.91 bits per heavy atom. The first-order valence-electron chi connectivity index (χ1n) is 8.08. The summed E-state index contributed by atoms with van der Waals surface area (Å²) < 4.78 is 10.9. The van der Waals surface area contributed by atoms with Crippen LogP contribution < -0.4 is 19.7 Å². The van der Waals surface area contributed by atoms with E-state index in [2.05, 4.69) is 20.2 Å². The molecule has 0 unspecified atom stereocenters. The van der Waals surface area contributed by atoms with Crippen molar-refractivity contribution < 1.29 is 9.47 Å². The van der Waals surface area contributed by atoms with E-state index >= 15 is 0 Å². The maximum Gasteiger partial charge on any atom is 0.231 e. The summed E-state index contributed by atoms with van der Waals surface area (Å²) in [6.07, 6.45) is 5.41. The van der Waals surface area contributed by atoms with E-state index in [-0.39, 0.29) is 0 Å². The van der Waals surface area contributed by atoms with Gasteiger partial charge in [-0.15, -0.1) is 0 Å². The quantitative estimate of drug-likeness (QED) is 0.937. The number of hydrogen-bond donors (Lipinski definition) is 1. The van der Waals surface area contributed by atoms with Crippen molar-refractivity contribution in [2.45, 2.75) is 25.8 Å². The van der Waals surface area contributed by atoms with Gasteiger partial charge < -0.3 is 19.7 Å². The summed E-state index contributed by atoms with van der Waals surface area (Å²) in [5.74, 6) is 3.46. The minimum absolute atomic E-state index is 0.291. The van der Waals surface area contributed by atoms with Crippen LogP contribution in [-0.2, 0) is 6.54 Å². The Labute approximate surface area is 135 Å². The Hall–Kier alpha value is -2.50. The van der Waals surface area contributed by atoms with Gasteiger partial charge in [0.05, 0.1) is 0 Å². The number of fused-ring (bicyclic) bond motifs is 1. The van der Waals surface area contributed by atoms with Crippen molar-refractivity contribution in [3.05, 3.63) is 36.2 Å². The number of benzene rings is 1. The van der Waals surface area contributed by atoms with E-state index in [4.69, 9.17) is 9.47 Å². The van der Waals surface area contributed by atoms with E-state index in [1.54, 1.807) is 6.33 Å². The van der Waals surface area contributed by atoms with Gasteiger partial charge in [0.1, 0.15) is 18.0 Å². The highest BCUT2D eigenvalue weighted by Crippen LogP contribution is 2.35. The monoisotopic (exact) mass is 312 g/mol. The Morgan fingerprint density at radius 2 is 2.00 bits per heavy atom. The number of rotatable bonds is 4. The standard InChI is InChI=1S/C17H20N4O2/c1-2-7-21(8-3-1)16-9-15(19-11-20-16)18-10-13-5-4-6-14-17(13)23-12-22-14/h4-6,9,11H,1-3,7-8,10,12H2,(H,18,19,20). The molecule has 0 saturated carbocycles. The number of anilines is 2. The summed E-state index contributed by atoms with van der Waals surface area (Å²) in [7, 11) is 0. The van der Waals surface area contributed by atoms with E-state index < -0.39 is 0 Å². The number of nitrogens with zero attached hydrogens (tertiary/aromatic N) is 3. The van der Waals surface area contributed by atoms with Crippen LogP contribution in [0.4, 0.5) is 11.6 Å². The Balaban J connectivity index is 1.46. The van der Waals surface area contributed by atoms with E-state index in [0.29, 0.717) is 13.3 Å². The van der Waals surface area contributed by atoms with Crippen LogP contribution in [0.25, 0.3) is 0 Å². The first-order valence-corrected chi connectivity index (χ1v) is 8.08. The minimum atomic E-state index is 0.291. The molecule has 0 atom stereocenters. The zero-order valence-electron chi connectivity index (χ0n) is 13.0. The van der Waals surface area contributed by atoms with Crippen molar-refractivity contribution in [1.29, 1.82) is 0 Å². The lowest BCUT2D eigenvalue weighted by Crippen LogP contribution is -2.30. The van der Waals surface area contributed by atoms with Gasteiger partial charge in [0.15, 0.2) is 11.5 Å². The normalized spacial score (nSPS) is 16.4. The largest absolute Gasteiger partial charge is 0.454 e. The van der Waals surface area contributed by atoms with Crippen LogP contribution in [0.5, 0.6) is 11.5 Å². The number of hydrogen-bond acceptors (Lipinski definition) is 6. The van der Waals surface area contributed by atoms with E-state index in [1.807, 2.05) is 24.3 Å². The highest BCUT2D eigenvalue weighted by molar-refractivity contribution is 5.52. The van der Waals surface area contributed by atoms with Crippen molar-refractivity contribution in [2.75, 3.05) is 30.1 Å². The van der Waals surface area contributed by atoms with Crippen molar-refractivity contribution in [3.63, 3.8) is 0 Å². The lowest BCUT2D eigenvalue weighted by atomic mass is 10.1. The highest BCUT2D eigenvalue weighted by Gasteiger charge is 2.17. The van der Waals surface area contributed by atoms with Crippen LogP contribution >= 0.6 is 0 Å². The number of ether oxygens (including phenoxy) is 2. The third kappa shape index (κ3) is 3.02. The van der Waals surface area contributed by atoms with Gasteiger partial charge in [-0.3, -0.25) is 0 Å². The molecule has 120 valence electrons. The van der Waals surface area contributed by atoms with Gasteiger partial charge >= 0.3 is 0 Å². The summed E-state index contributed by atoms with van der Waals surface area (Å²) in [4.78, 5) is 11.1. The average molecular weight is 312 g/mol. The molecule has 2 aromatic rings. The number of para-hydroxylation sites is 1. The van der Waals surface area contributed by atoms with Crippen LogP contribution in [0.2, 0.25) is 0 Å². The van der Waals surface area contributed by atoms with E-state index in [0.717, 1.165) is 41.8 Å². The van der Waals surface area contributed by atoms with Crippen molar-refractivity contribution in [1.82, 2.24) is 9.97 Å². The van der Waals surface area contributed by atoms with Gasteiger partial charge in [-0.25, -0.2) is 9.97 Å². The van der Waals surface area contributed by atoms with Gasteiger partial charge in [-0.2, -0.15) is 0 Å². The molecule has 3 heterocycles. The van der Waals surface area contributed by atoms with Gasteiger partial charge in [0.25, 0.3) is 0 Å². The van der Waals surface area contributed by atoms with Gasteiger partial charge in [0.2, 0.25) is 6.79 Å². The first-order chi connectivity index (χ1) is 11.4. The molecule has 1 aromatic heterocycles. The predicted molar refractivity (Wildman–Crippen MR) is 88.0 cm³/mol. The topological polar surface area (TPSA) is 59.5 Å². The molecule has 1 N–H and O–H groups in total. The van der Waals surface area contributed by atoms with Crippen molar-refractivity contribution >= 4 is 11.6 Å². The van der Waals surface area contributed by atoms with Crippen LogP contribution in [0.1, 0.15) is 24.8 Å². The van der Waals surface area contributed by atoms with Crippen LogP contribution in [-0.4, -0.2) is 29.9 Å². The van der Waals surface area contributed by atoms with Crippen LogP contribution in [0.15, 0.2) is 30.6 Å². The maximum atomic E-state index is 5.53. The molecule has 2 aliphatic rings. The minimum Gasteiger partial charge on any atom is -0.454 e. The van der Waals surface area contributed by atoms with Gasteiger partial charge in [-0.1, -0.05) is 12.1 Å². The van der Waals surface area contributed by atoms with E-state index in [1.165, 1.54) is 19.3 Å². The molecule has 23 heavy (non-hydrogen) atoms. The van der Waals surface area contributed by atoms with E-state index in [9.17, 15) is 0 Å². The number of piperidine rings is 1. The maximum absolute atomic E-state index is 5.53. The second-order valence-electron chi connectivity index (χ2n) is 5.81. The Kier molecular flexibility index (Phi) is 3.88. The second-order valence-corrected chi connectivity index (χ2v) is 5.81. The summed E-state index contributed by atoms with van der Waals surface area (Å²) in [5, 5.41) is 3.36. The summed E-state index contributed by atoms with van der Waals surface area (Å²) in [5.41, 5.74) is 1.07. The van der Waals surface area contributed by atoms with Crippen molar-refractivity contribution in [3.8, 4) is 11.5 Å². The zero-order chi connectivity index (χ0) is 15.5. The number of nitrogens with one attached hydrogen (secondary N) is 1. The smallest absolute Gasteiger partial charge is 0.231 e. The Bertz CT molecular complexity index is 686. The molecular formula is C17H20N4O2. The summed E-state index contributed by atoms with van der Waals surface area (Å²) in [6.45, 7) is 3.09. The van der Waals surface area contributed by atoms with Crippen LogP contribution in [0.3, 0.4) is 0 Å². The molecule has 2 aliphatic heterocycles. The summed E-state index contributed by atoms with van der Waals surface area (Å²) >= 11 is 0. The average Bonchev–Trinajstić information content (AvgIpc) is 3.10. The van der Waals surface area contributed by atoms with Crippen LogP contribution in [0, 0.1) is 0 Å². The molecule has 6 nitrogen and oxygen atoms in total. The first kappa shape index (κ1) is 14.1. The third-order valence-corrected chi connectivity index (χ3v) is 4.27. The third-order valence-electron chi connectivity index (χ3n) is 4.27. The fourth-order valence-corrected chi connectivity index (χ4v) is 3.06. The Morgan fingerprint density at radius 1 is 1.09 bits per heavy atom. The fourth-order valence-electron chi connectivity index (χ4n) is 3.06. The lowest BCUT2D eigenvalue weighted by molar-refractivity contribution is 0.173. The molecular weight excluding hydrogens is 292 g/mol. The zero-order valence-corrected chi connectivity index (χ0v) is 13.0. The molecule has 1 saturated heterocycles. The molecule has 4 rings (SSSR count). The summed E-state index contributed by atoms with van der Waals surface area (Å²) in [6, 6.07) is 7.95. The molecule has 1 fully saturated rings. The van der Waals surface area contributed by atoms with Gasteiger partial charge in [0, 0.05) is 31.3 Å². The molecule has 1 aromatic carbocycles. The molecule has 0 bridgehead atoms. The second kappa shape index (κ2) is 6.32. The number of aromatic nitrogens is 2.